The van der Waals surface area contributed by atoms with Crippen LogP contribution in [0.2, 0.25) is 0 Å². The van der Waals surface area contributed by atoms with Crippen LogP contribution in [0.25, 0.3) is 11.1 Å². The monoisotopic (exact) mass is 347 g/mol. The van der Waals surface area contributed by atoms with Crippen LogP contribution in [0.4, 0.5) is 0 Å². The summed E-state index contributed by atoms with van der Waals surface area (Å²) in [7, 11) is 3.37. The maximum atomic E-state index is 13.3. The SMILES string of the molecule is COC1CC2(Cc3ccc(-c4cccc(C#N)c4)cc3C2=O)C[C@H]1OC. The molecule has 2 aliphatic rings. The van der Waals surface area contributed by atoms with E-state index in [1.165, 1.54) is 0 Å². The average Bonchev–Trinajstić information content (AvgIpc) is 3.19. The van der Waals surface area contributed by atoms with Crippen LogP contribution in [0.15, 0.2) is 42.5 Å². The number of benzene rings is 2. The van der Waals surface area contributed by atoms with Gasteiger partial charge in [-0.05, 0) is 54.2 Å². The average molecular weight is 347 g/mol. The highest BCUT2D eigenvalue weighted by Crippen LogP contribution is 2.50. The largest absolute Gasteiger partial charge is 0.379 e. The lowest BCUT2D eigenvalue weighted by molar-refractivity contribution is -0.0157. The van der Waals surface area contributed by atoms with Crippen molar-refractivity contribution < 1.29 is 14.3 Å². The van der Waals surface area contributed by atoms with Crippen molar-refractivity contribution in [3.8, 4) is 17.2 Å². The first-order valence-electron chi connectivity index (χ1n) is 8.84. The molecule has 0 N–H and O–H groups in total. The van der Waals surface area contributed by atoms with Gasteiger partial charge in [-0.25, -0.2) is 0 Å². The quantitative estimate of drug-likeness (QED) is 0.848. The first-order chi connectivity index (χ1) is 12.6. The van der Waals surface area contributed by atoms with Gasteiger partial charge >= 0.3 is 0 Å². The minimum absolute atomic E-state index is 0.0370. The van der Waals surface area contributed by atoms with Gasteiger partial charge in [0.15, 0.2) is 5.78 Å². The third-order valence-corrected chi connectivity index (χ3v) is 5.89. The lowest BCUT2D eigenvalue weighted by atomic mass is 9.82. The van der Waals surface area contributed by atoms with Crippen molar-refractivity contribution >= 4 is 5.78 Å². The molecule has 0 aliphatic heterocycles. The molecule has 1 fully saturated rings. The van der Waals surface area contributed by atoms with Crippen molar-refractivity contribution in [1.82, 2.24) is 0 Å². The predicted molar refractivity (Wildman–Crippen MR) is 97.9 cm³/mol. The topological polar surface area (TPSA) is 59.3 Å². The lowest BCUT2D eigenvalue weighted by Gasteiger charge is -2.20. The predicted octanol–water partition coefficient (Wildman–Crippen LogP) is 3.77. The molecule has 0 aromatic heterocycles. The van der Waals surface area contributed by atoms with Crippen molar-refractivity contribution in [2.75, 3.05) is 14.2 Å². The highest BCUT2D eigenvalue weighted by Gasteiger charge is 2.54. The third-order valence-electron chi connectivity index (χ3n) is 5.89. The molecule has 2 aromatic carbocycles. The number of ketones is 1. The van der Waals surface area contributed by atoms with Crippen LogP contribution in [-0.4, -0.2) is 32.2 Å². The van der Waals surface area contributed by atoms with E-state index in [4.69, 9.17) is 14.7 Å². The second-order valence-electron chi connectivity index (χ2n) is 7.31. The summed E-state index contributed by atoms with van der Waals surface area (Å²) in [5, 5.41) is 9.11. The molecule has 0 heterocycles. The van der Waals surface area contributed by atoms with Crippen LogP contribution in [0, 0.1) is 16.7 Å². The first-order valence-corrected chi connectivity index (χ1v) is 8.84. The van der Waals surface area contributed by atoms with Crippen molar-refractivity contribution in [3.05, 3.63) is 59.2 Å². The van der Waals surface area contributed by atoms with Crippen molar-refractivity contribution in [2.45, 2.75) is 31.5 Å². The van der Waals surface area contributed by atoms with Crippen LogP contribution in [0.3, 0.4) is 0 Å². The molecular weight excluding hydrogens is 326 g/mol. The summed E-state index contributed by atoms with van der Waals surface area (Å²) >= 11 is 0. The molecule has 4 heteroatoms. The van der Waals surface area contributed by atoms with E-state index in [1.54, 1.807) is 20.3 Å². The van der Waals surface area contributed by atoms with Gasteiger partial charge in [-0.15, -0.1) is 0 Å². The Morgan fingerprint density at radius 2 is 1.73 bits per heavy atom. The summed E-state index contributed by atoms with van der Waals surface area (Å²) in [5.74, 6) is 0.201. The zero-order valence-electron chi connectivity index (χ0n) is 15.0. The van der Waals surface area contributed by atoms with Gasteiger partial charge in [0.25, 0.3) is 0 Å². The second kappa shape index (κ2) is 6.35. The zero-order valence-corrected chi connectivity index (χ0v) is 15.0. The molecule has 1 saturated carbocycles. The number of hydrogen-bond acceptors (Lipinski definition) is 4. The summed E-state index contributed by atoms with van der Waals surface area (Å²) < 4.78 is 11.1. The Bertz CT molecular complexity index is 900. The van der Waals surface area contributed by atoms with E-state index >= 15 is 0 Å². The van der Waals surface area contributed by atoms with Crippen LogP contribution < -0.4 is 0 Å². The highest BCUT2D eigenvalue weighted by molar-refractivity contribution is 6.06. The lowest BCUT2D eigenvalue weighted by Crippen LogP contribution is -2.25. The van der Waals surface area contributed by atoms with Gasteiger partial charge in [-0.1, -0.05) is 24.3 Å². The van der Waals surface area contributed by atoms with Crippen molar-refractivity contribution in [3.63, 3.8) is 0 Å². The minimum atomic E-state index is -0.406. The molecule has 0 bridgehead atoms. The van der Waals surface area contributed by atoms with Gasteiger partial charge in [0.1, 0.15) is 0 Å². The summed E-state index contributed by atoms with van der Waals surface area (Å²) in [6.07, 6.45) is 2.08. The summed E-state index contributed by atoms with van der Waals surface area (Å²) in [6, 6.07) is 15.7. The fourth-order valence-electron chi connectivity index (χ4n) is 4.54. The summed E-state index contributed by atoms with van der Waals surface area (Å²) in [4.78, 5) is 13.3. The smallest absolute Gasteiger partial charge is 0.169 e. The molecule has 2 aliphatic carbocycles. The minimum Gasteiger partial charge on any atom is -0.379 e. The van der Waals surface area contributed by atoms with Crippen LogP contribution in [0.1, 0.15) is 34.3 Å². The molecule has 2 unspecified atom stereocenters. The Kier molecular flexibility index (Phi) is 4.14. The zero-order chi connectivity index (χ0) is 18.3. The second-order valence-corrected chi connectivity index (χ2v) is 7.31. The van der Waals surface area contributed by atoms with Gasteiger partial charge in [0, 0.05) is 25.2 Å². The van der Waals surface area contributed by atoms with Crippen LogP contribution in [-0.2, 0) is 15.9 Å². The molecule has 0 radical (unpaired) electrons. The molecule has 4 rings (SSSR count). The Labute approximate surface area is 153 Å². The van der Waals surface area contributed by atoms with E-state index in [-0.39, 0.29) is 18.0 Å². The van der Waals surface area contributed by atoms with Gasteiger partial charge in [-0.3, -0.25) is 4.79 Å². The Morgan fingerprint density at radius 1 is 1.04 bits per heavy atom. The van der Waals surface area contributed by atoms with E-state index in [9.17, 15) is 4.79 Å². The van der Waals surface area contributed by atoms with Crippen molar-refractivity contribution in [1.29, 1.82) is 5.26 Å². The molecule has 26 heavy (non-hydrogen) atoms. The molecule has 3 atom stereocenters. The van der Waals surface area contributed by atoms with Crippen LogP contribution in [0.5, 0.6) is 0 Å². The van der Waals surface area contributed by atoms with Gasteiger partial charge in [0.2, 0.25) is 0 Å². The maximum Gasteiger partial charge on any atom is 0.169 e. The highest BCUT2D eigenvalue weighted by atomic mass is 16.5. The standard InChI is InChI=1S/C22H21NO3/c1-25-19-11-22(12-20(19)26-2)10-17-7-6-16(9-18(17)21(22)24)15-5-3-4-14(8-15)13-23/h3-9,19-20H,10-12H2,1-2H3/t19-,20?,22?/m1/s1. The number of nitriles is 1. The van der Waals surface area contributed by atoms with Gasteiger partial charge < -0.3 is 9.47 Å². The van der Waals surface area contributed by atoms with Crippen molar-refractivity contribution in [2.24, 2.45) is 5.41 Å². The number of carbonyl (C=O) groups is 1. The van der Waals surface area contributed by atoms with Crippen LogP contribution >= 0.6 is 0 Å². The number of hydrogen-bond donors (Lipinski definition) is 0. The molecule has 0 saturated heterocycles. The number of ether oxygens (including phenoxy) is 2. The normalized spacial score (nSPS) is 26.9. The molecule has 132 valence electrons. The summed E-state index contributed by atoms with van der Waals surface area (Å²) in [6.45, 7) is 0. The molecule has 2 aromatic rings. The Morgan fingerprint density at radius 3 is 2.38 bits per heavy atom. The van der Waals surface area contributed by atoms with Gasteiger partial charge in [0.05, 0.1) is 23.8 Å². The number of methoxy groups -OCH3 is 2. The number of nitrogens with zero attached hydrogens (tertiary/aromatic N) is 1. The number of fused-ring (bicyclic) bond motifs is 1. The fraction of sp³-hybridized carbons (Fsp3) is 0.364. The Hall–Kier alpha value is -2.48. The van der Waals surface area contributed by atoms with E-state index in [1.807, 2.05) is 30.3 Å². The van der Waals surface area contributed by atoms with E-state index in [0.717, 1.165) is 28.7 Å². The number of rotatable bonds is 3. The van der Waals surface area contributed by atoms with E-state index in [0.29, 0.717) is 18.4 Å². The number of Topliss-reactive ketones (excluding diaryl/α,β-unsaturated/α-hetero) is 1. The molecule has 1 spiro atoms. The van der Waals surface area contributed by atoms with E-state index < -0.39 is 5.41 Å². The number of carbonyl (C=O) groups excluding carboxylic acids is 1. The van der Waals surface area contributed by atoms with E-state index in [2.05, 4.69) is 12.1 Å². The molecule has 0 amide bonds. The summed E-state index contributed by atoms with van der Waals surface area (Å²) in [5.41, 5.74) is 4.04. The molecule has 4 nitrogen and oxygen atoms in total. The van der Waals surface area contributed by atoms with Gasteiger partial charge in [-0.2, -0.15) is 5.26 Å². The molecular formula is C22H21NO3. The maximum absolute atomic E-state index is 13.3. The first kappa shape index (κ1) is 17.0. The fourth-order valence-corrected chi connectivity index (χ4v) is 4.54. The Balaban J connectivity index is 1.69. The third kappa shape index (κ3) is 2.56.